The predicted octanol–water partition coefficient (Wildman–Crippen LogP) is 0.764. The highest BCUT2D eigenvalue weighted by molar-refractivity contribution is 5.85. The van der Waals surface area contributed by atoms with Gasteiger partial charge in [-0.25, -0.2) is 0 Å². The van der Waals surface area contributed by atoms with E-state index in [4.69, 9.17) is 5.11 Å². The van der Waals surface area contributed by atoms with Crippen molar-refractivity contribution >= 4 is 11.9 Å². The second kappa shape index (κ2) is 5.49. The van der Waals surface area contributed by atoms with E-state index in [-0.39, 0.29) is 12.5 Å². The molecule has 3 atom stereocenters. The van der Waals surface area contributed by atoms with Crippen LogP contribution in [0.5, 0.6) is 0 Å². The summed E-state index contributed by atoms with van der Waals surface area (Å²) in [6.07, 6.45) is 2.57. The minimum Gasteiger partial charge on any atom is -0.481 e. The topological polar surface area (TPSA) is 86.6 Å². The molecule has 1 saturated carbocycles. The number of amides is 1. The van der Waals surface area contributed by atoms with E-state index in [1.807, 2.05) is 6.92 Å². The average molecular weight is 243 g/mol. The maximum Gasteiger partial charge on any atom is 0.307 e. The van der Waals surface area contributed by atoms with Crippen molar-refractivity contribution in [1.82, 2.24) is 5.32 Å². The number of nitrogens with one attached hydrogen (secondary N) is 1. The largest absolute Gasteiger partial charge is 0.481 e. The highest BCUT2D eigenvalue weighted by Crippen LogP contribution is 2.32. The number of carboxylic acid groups (broad SMARTS) is 1. The molecule has 5 nitrogen and oxygen atoms in total. The molecule has 3 N–H and O–H groups in total. The normalized spacial score (nSPS) is 27.5. The molecule has 17 heavy (non-hydrogen) atoms. The van der Waals surface area contributed by atoms with Gasteiger partial charge in [-0.1, -0.05) is 13.3 Å². The summed E-state index contributed by atoms with van der Waals surface area (Å²) in [5.41, 5.74) is -0.650. The molecule has 1 rings (SSSR count). The molecule has 0 aromatic heterocycles. The Morgan fingerprint density at radius 2 is 1.94 bits per heavy atom. The monoisotopic (exact) mass is 243 g/mol. The van der Waals surface area contributed by atoms with Gasteiger partial charge in [0.15, 0.2) is 0 Å². The molecule has 98 valence electrons. The zero-order valence-corrected chi connectivity index (χ0v) is 10.4. The highest BCUT2D eigenvalue weighted by Gasteiger charge is 2.39. The molecule has 0 radical (unpaired) electrons. The molecule has 1 aliphatic rings. The third-order valence-corrected chi connectivity index (χ3v) is 3.72. The van der Waals surface area contributed by atoms with Crippen LogP contribution in [0.2, 0.25) is 0 Å². The minimum absolute atomic E-state index is 0.139. The van der Waals surface area contributed by atoms with Gasteiger partial charge in [0.25, 0.3) is 0 Å². The summed E-state index contributed by atoms with van der Waals surface area (Å²) in [5, 5.41) is 21.0. The fourth-order valence-electron chi connectivity index (χ4n) is 2.20. The molecule has 0 aliphatic heterocycles. The minimum atomic E-state index is -0.898. The summed E-state index contributed by atoms with van der Waals surface area (Å²) < 4.78 is 0. The molecule has 0 saturated heterocycles. The molecule has 0 aromatic rings. The number of hydrogen-bond acceptors (Lipinski definition) is 3. The Morgan fingerprint density at radius 1 is 1.35 bits per heavy atom. The number of carboxylic acids is 1. The Morgan fingerprint density at radius 3 is 2.41 bits per heavy atom. The lowest BCUT2D eigenvalue weighted by molar-refractivity contribution is -0.146. The number of hydrogen-bond donors (Lipinski definition) is 3. The van der Waals surface area contributed by atoms with Gasteiger partial charge in [0.2, 0.25) is 5.91 Å². The van der Waals surface area contributed by atoms with Gasteiger partial charge in [-0.05, 0) is 26.2 Å². The highest BCUT2D eigenvalue weighted by atomic mass is 16.4. The molecule has 1 fully saturated rings. The van der Waals surface area contributed by atoms with Gasteiger partial charge < -0.3 is 15.5 Å². The fraction of sp³-hybridized carbons (Fsp3) is 0.833. The SMILES string of the molecule is CCC(C)(CO)NC(=O)C1CCCC1C(=O)O. The van der Waals surface area contributed by atoms with Crippen LogP contribution >= 0.6 is 0 Å². The quantitative estimate of drug-likeness (QED) is 0.665. The lowest BCUT2D eigenvalue weighted by atomic mass is 9.92. The van der Waals surface area contributed by atoms with Crippen LogP contribution in [0.25, 0.3) is 0 Å². The van der Waals surface area contributed by atoms with E-state index in [9.17, 15) is 14.7 Å². The van der Waals surface area contributed by atoms with Gasteiger partial charge in [0.05, 0.1) is 24.0 Å². The van der Waals surface area contributed by atoms with Gasteiger partial charge in [0, 0.05) is 0 Å². The molecule has 5 heteroatoms. The van der Waals surface area contributed by atoms with E-state index in [0.717, 1.165) is 6.42 Å². The zero-order chi connectivity index (χ0) is 13.1. The Kier molecular flexibility index (Phi) is 4.51. The fourth-order valence-corrected chi connectivity index (χ4v) is 2.20. The smallest absolute Gasteiger partial charge is 0.307 e. The van der Waals surface area contributed by atoms with E-state index in [0.29, 0.717) is 19.3 Å². The van der Waals surface area contributed by atoms with Crippen LogP contribution in [0.15, 0.2) is 0 Å². The summed E-state index contributed by atoms with van der Waals surface area (Å²) >= 11 is 0. The lowest BCUT2D eigenvalue weighted by Crippen LogP contribution is -2.51. The first-order valence-electron chi connectivity index (χ1n) is 6.09. The number of aliphatic hydroxyl groups is 1. The van der Waals surface area contributed by atoms with Gasteiger partial charge >= 0.3 is 5.97 Å². The molecule has 3 unspecified atom stereocenters. The van der Waals surface area contributed by atoms with Crippen LogP contribution in [-0.4, -0.2) is 34.2 Å². The van der Waals surface area contributed by atoms with Crippen molar-refractivity contribution in [2.45, 2.75) is 45.1 Å². The number of carbonyl (C=O) groups is 2. The van der Waals surface area contributed by atoms with Crippen LogP contribution in [-0.2, 0) is 9.59 Å². The Balaban J connectivity index is 2.67. The van der Waals surface area contributed by atoms with E-state index >= 15 is 0 Å². The van der Waals surface area contributed by atoms with Crippen LogP contribution in [0.1, 0.15) is 39.5 Å². The molecule has 1 aliphatic carbocycles. The van der Waals surface area contributed by atoms with E-state index < -0.39 is 23.3 Å². The van der Waals surface area contributed by atoms with Crippen LogP contribution in [0, 0.1) is 11.8 Å². The number of carbonyl (C=O) groups excluding carboxylic acids is 1. The summed E-state index contributed by atoms with van der Waals surface area (Å²) in [4.78, 5) is 23.0. The third-order valence-electron chi connectivity index (χ3n) is 3.72. The summed E-state index contributed by atoms with van der Waals surface area (Å²) in [6, 6.07) is 0. The second-order valence-electron chi connectivity index (χ2n) is 5.04. The molecule has 0 spiro atoms. The average Bonchev–Trinajstić information content (AvgIpc) is 2.77. The van der Waals surface area contributed by atoms with E-state index in [1.165, 1.54) is 0 Å². The molecule has 0 heterocycles. The number of aliphatic hydroxyl groups excluding tert-OH is 1. The van der Waals surface area contributed by atoms with Crippen molar-refractivity contribution < 1.29 is 19.8 Å². The Bertz CT molecular complexity index is 299. The first kappa shape index (κ1) is 14.0. The number of aliphatic carboxylic acids is 1. The number of rotatable bonds is 5. The summed E-state index contributed by atoms with van der Waals surface area (Å²) in [7, 11) is 0. The maximum atomic E-state index is 12.0. The molecular weight excluding hydrogens is 222 g/mol. The maximum absolute atomic E-state index is 12.0. The van der Waals surface area contributed by atoms with Crippen LogP contribution in [0.4, 0.5) is 0 Å². The zero-order valence-electron chi connectivity index (χ0n) is 10.4. The Labute approximate surface area is 101 Å². The van der Waals surface area contributed by atoms with Crippen molar-refractivity contribution in [3.8, 4) is 0 Å². The van der Waals surface area contributed by atoms with Crippen LogP contribution < -0.4 is 5.32 Å². The lowest BCUT2D eigenvalue weighted by Gasteiger charge is -2.29. The van der Waals surface area contributed by atoms with Crippen molar-refractivity contribution in [2.24, 2.45) is 11.8 Å². The molecule has 0 bridgehead atoms. The van der Waals surface area contributed by atoms with E-state index in [2.05, 4.69) is 5.32 Å². The molecule has 0 aromatic carbocycles. The van der Waals surface area contributed by atoms with Crippen molar-refractivity contribution in [1.29, 1.82) is 0 Å². The van der Waals surface area contributed by atoms with Crippen molar-refractivity contribution in [3.63, 3.8) is 0 Å². The summed E-state index contributed by atoms with van der Waals surface area (Å²) in [5.74, 6) is -2.17. The third kappa shape index (κ3) is 3.19. The first-order chi connectivity index (χ1) is 7.93. The van der Waals surface area contributed by atoms with Crippen molar-refractivity contribution in [3.05, 3.63) is 0 Å². The Hall–Kier alpha value is -1.10. The molecular formula is C12H21NO4. The van der Waals surface area contributed by atoms with Crippen LogP contribution in [0.3, 0.4) is 0 Å². The van der Waals surface area contributed by atoms with Gasteiger partial charge in [-0.2, -0.15) is 0 Å². The van der Waals surface area contributed by atoms with E-state index in [1.54, 1.807) is 6.92 Å². The van der Waals surface area contributed by atoms with Gasteiger partial charge in [-0.3, -0.25) is 9.59 Å². The van der Waals surface area contributed by atoms with Gasteiger partial charge in [0.1, 0.15) is 0 Å². The predicted molar refractivity (Wildman–Crippen MR) is 62.4 cm³/mol. The molecule has 1 amide bonds. The first-order valence-corrected chi connectivity index (χ1v) is 6.09. The van der Waals surface area contributed by atoms with Gasteiger partial charge in [-0.15, -0.1) is 0 Å². The van der Waals surface area contributed by atoms with Crippen molar-refractivity contribution in [2.75, 3.05) is 6.61 Å². The standard InChI is InChI=1S/C12H21NO4/c1-3-12(2,7-14)13-10(15)8-5-4-6-9(8)11(16)17/h8-9,14H,3-7H2,1-2H3,(H,13,15)(H,16,17). The summed E-state index contributed by atoms with van der Waals surface area (Å²) in [6.45, 7) is 3.50. The second-order valence-corrected chi connectivity index (χ2v) is 5.04.